The van der Waals surface area contributed by atoms with Crippen LogP contribution in [0.25, 0.3) is 85.0 Å². The first-order chi connectivity index (χ1) is 28.7. The number of benzene rings is 5. The molecule has 5 heteroatoms. The van der Waals surface area contributed by atoms with E-state index in [9.17, 15) is 0 Å². The normalized spacial score (nSPS) is 16.0. The van der Waals surface area contributed by atoms with E-state index in [0.29, 0.717) is 17.5 Å². The zero-order valence-electron chi connectivity index (χ0n) is 31.4. The van der Waals surface area contributed by atoms with E-state index in [1.807, 2.05) is 42.7 Å². The maximum absolute atomic E-state index is 5.37. The van der Waals surface area contributed by atoms with Gasteiger partial charge in [0.25, 0.3) is 0 Å². The van der Waals surface area contributed by atoms with Gasteiger partial charge in [0.15, 0.2) is 17.5 Å². The van der Waals surface area contributed by atoms with E-state index in [-0.39, 0.29) is 11.8 Å². The van der Waals surface area contributed by atoms with E-state index in [1.165, 1.54) is 22.3 Å². The average molecular weight is 742 g/mol. The van der Waals surface area contributed by atoms with Gasteiger partial charge in [0, 0.05) is 64.5 Å². The van der Waals surface area contributed by atoms with Crippen LogP contribution in [-0.2, 0) is 0 Å². The molecule has 0 radical (unpaired) electrons. The summed E-state index contributed by atoms with van der Waals surface area (Å²) in [7, 11) is 0. The highest BCUT2D eigenvalue weighted by atomic mass is 15.0. The summed E-state index contributed by atoms with van der Waals surface area (Å²) < 4.78 is 0. The monoisotopic (exact) mass is 741 g/mol. The Morgan fingerprint density at radius 1 is 0.362 bits per heavy atom. The number of pyridine rings is 2. The Kier molecular flexibility index (Phi) is 8.21. The van der Waals surface area contributed by atoms with Crippen molar-refractivity contribution >= 4 is 17.7 Å². The lowest BCUT2D eigenvalue weighted by molar-refractivity contribution is 0.666. The number of rotatable bonds is 7. The SMILES string of the molecule is C1=CC2C=Cc3cccc4c3C2C(=C1c1nc(-c2ccccc2)nc(-c2cc(-c3cccc(-c5cccnc5)c3)cc(-c3cccc(-c5cccnc5)c3)c2)n1)C=C4. The van der Waals surface area contributed by atoms with Gasteiger partial charge in [-0.1, -0.05) is 134 Å². The predicted octanol–water partition coefficient (Wildman–Crippen LogP) is 12.4. The molecule has 8 aromatic rings. The summed E-state index contributed by atoms with van der Waals surface area (Å²) in [6.07, 6.45) is 21.1. The van der Waals surface area contributed by atoms with Crippen LogP contribution in [0.15, 0.2) is 194 Å². The number of hydrogen-bond acceptors (Lipinski definition) is 5. The maximum atomic E-state index is 5.37. The van der Waals surface area contributed by atoms with Gasteiger partial charge in [-0.25, -0.2) is 15.0 Å². The van der Waals surface area contributed by atoms with Crippen molar-refractivity contribution in [1.82, 2.24) is 24.9 Å². The minimum atomic E-state index is 0.204. The lowest BCUT2D eigenvalue weighted by Crippen LogP contribution is -2.22. The van der Waals surface area contributed by atoms with Crippen molar-refractivity contribution in [2.45, 2.75) is 5.92 Å². The molecule has 11 rings (SSSR count). The summed E-state index contributed by atoms with van der Waals surface area (Å²) >= 11 is 0. The Labute approximate surface area is 337 Å². The predicted molar refractivity (Wildman–Crippen MR) is 235 cm³/mol. The van der Waals surface area contributed by atoms with Crippen molar-refractivity contribution in [2.75, 3.05) is 0 Å². The van der Waals surface area contributed by atoms with Crippen molar-refractivity contribution in [3.63, 3.8) is 0 Å². The third-order valence-electron chi connectivity index (χ3n) is 11.4. The first-order valence-electron chi connectivity index (χ1n) is 19.6. The summed E-state index contributed by atoms with van der Waals surface area (Å²) in [6.45, 7) is 0. The van der Waals surface area contributed by atoms with Gasteiger partial charge in [-0.3, -0.25) is 9.97 Å². The highest BCUT2D eigenvalue weighted by Crippen LogP contribution is 2.50. The zero-order valence-corrected chi connectivity index (χ0v) is 31.4. The van der Waals surface area contributed by atoms with Crippen molar-refractivity contribution < 1.29 is 0 Å². The molecule has 3 aromatic heterocycles. The average Bonchev–Trinajstić information content (AvgIpc) is 3.31. The fourth-order valence-corrected chi connectivity index (χ4v) is 8.61. The molecule has 58 heavy (non-hydrogen) atoms. The van der Waals surface area contributed by atoms with Crippen LogP contribution < -0.4 is 0 Å². The van der Waals surface area contributed by atoms with E-state index in [0.717, 1.165) is 61.2 Å². The fourth-order valence-electron chi connectivity index (χ4n) is 8.61. The highest BCUT2D eigenvalue weighted by molar-refractivity contribution is 5.87. The number of aromatic nitrogens is 5. The molecule has 2 atom stereocenters. The van der Waals surface area contributed by atoms with Crippen molar-refractivity contribution in [3.05, 3.63) is 217 Å². The highest BCUT2D eigenvalue weighted by Gasteiger charge is 2.35. The first-order valence-corrected chi connectivity index (χ1v) is 19.6. The molecule has 0 N–H and O–H groups in total. The molecule has 3 aliphatic carbocycles. The Balaban J connectivity index is 1.11. The lowest BCUT2D eigenvalue weighted by atomic mass is 9.67. The largest absolute Gasteiger partial charge is 0.264 e. The molecule has 0 saturated carbocycles. The van der Waals surface area contributed by atoms with E-state index in [1.54, 1.807) is 12.4 Å². The molecular formula is C53H35N5. The second-order valence-corrected chi connectivity index (χ2v) is 14.9. The summed E-state index contributed by atoms with van der Waals surface area (Å²) in [5, 5.41) is 0. The van der Waals surface area contributed by atoms with Gasteiger partial charge < -0.3 is 0 Å². The van der Waals surface area contributed by atoms with Crippen LogP contribution in [0.1, 0.15) is 28.4 Å². The molecule has 0 fully saturated rings. The van der Waals surface area contributed by atoms with Gasteiger partial charge in [-0.2, -0.15) is 0 Å². The molecule has 272 valence electrons. The van der Waals surface area contributed by atoms with Crippen molar-refractivity contribution in [3.8, 4) is 67.3 Å². The second kappa shape index (κ2) is 14.1. The Bertz CT molecular complexity index is 2900. The number of hydrogen-bond donors (Lipinski definition) is 0. The molecule has 0 saturated heterocycles. The van der Waals surface area contributed by atoms with Crippen LogP contribution >= 0.6 is 0 Å². The second-order valence-electron chi connectivity index (χ2n) is 14.9. The zero-order chi connectivity index (χ0) is 38.4. The van der Waals surface area contributed by atoms with Gasteiger partial charge in [0.1, 0.15) is 0 Å². The minimum absolute atomic E-state index is 0.204. The van der Waals surface area contributed by atoms with Gasteiger partial charge in [-0.05, 0) is 98.1 Å². The van der Waals surface area contributed by atoms with E-state index in [2.05, 4.69) is 156 Å². The van der Waals surface area contributed by atoms with E-state index in [4.69, 9.17) is 15.0 Å². The topological polar surface area (TPSA) is 64.5 Å². The lowest BCUT2D eigenvalue weighted by Gasteiger charge is -2.36. The van der Waals surface area contributed by atoms with Gasteiger partial charge in [-0.15, -0.1) is 0 Å². The van der Waals surface area contributed by atoms with Gasteiger partial charge in [0.05, 0.1) is 0 Å². The van der Waals surface area contributed by atoms with Crippen LogP contribution in [-0.4, -0.2) is 24.9 Å². The third-order valence-corrected chi connectivity index (χ3v) is 11.4. The molecule has 0 spiro atoms. The molecule has 0 amide bonds. The quantitative estimate of drug-likeness (QED) is 0.163. The molecule has 2 unspecified atom stereocenters. The summed E-state index contributed by atoms with van der Waals surface area (Å²) in [5.41, 5.74) is 16.7. The van der Waals surface area contributed by atoms with Crippen molar-refractivity contribution in [1.29, 1.82) is 0 Å². The first kappa shape index (κ1) is 33.7. The van der Waals surface area contributed by atoms with Crippen LogP contribution in [0, 0.1) is 5.92 Å². The Morgan fingerprint density at radius 2 is 0.862 bits per heavy atom. The van der Waals surface area contributed by atoms with Crippen LogP contribution in [0.3, 0.4) is 0 Å². The summed E-state index contributed by atoms with van der Waals surface area (Å²) in [5.74, 6) is 2.40. The Morgan fingerprint density at radius 3 is 1.50 bits per heavy atom. The molecule has 0 bridgehead atoms. The molecule has 5 aromatic carbocycles. The smallest absolute Gasteiger partial charge is 0.164 e. The summed E-state index contributed by atoms with van der Waals surface area (Å²) in [4.78, 5) is 24.6. The fraction of sp³-hybridized carbons (Fsp3) is 0.0377. The van der Waals surface area contributed by atoms with Crippen LogP contribution in [0.2, 0.25) is 0 Å². The molecular weight excluding hydrogens is 707 g/mol. The van der Waals surface area contributed by atoms with Gasteiger partial charge in [0.2, 0.25) is 0 Å². The maximum Gasteiger partial charge on any atom is 0.164 e. The van der Waals surface area contributed by atoms with Crippen LogP contribution in [0.5, 0.6) is 0 Å². The number of allylic oxidation sites excluding steroid dienone is 6. The Hall–Kier alpha value is -7.63. The van der Waals surface area contributed by atoms with E-state index >= 15 is 0 Å². The van der Waals surface area contributed by atoms with Crippen molar-refractivity contribution in [2.24, 2.45) is 5.92 Å². The van der Waals surface area contributed by atoms with Crippen LogP contribution in [0.4, 0.5) is 0 Å². The van der Waals surface area contributed by atoms with E-state index < -0.39 is 0 Å². The third kappa shape index (κ3) is 6.10. The molecule has 0 aliphatic heterocycles. The minimum Gasteiger partial charge on any atom is -0.264 e. The standard InChI is InChI=1S/C53H35N5/c1-2-9-37(10-3-1)51-56-52(58-53(57-51)48-24-22-36-20-19-34-11-4-12-35-21-23-47(48)50(36)49(34)35)46-30-44(40-15-5-13-38(27-40)42-17-7-25-54-32-42)29-45(31-46)41-16-6-14-39(28-41)43-18-8-26-55-33-43/h1-33,36,50H. The summed E-state index contributed by atoms with van der Waals surface area (Å²) in [6, 6.07) is 48.9. The number of nitrogens with zero attached hydrogens (tertiary/aromatic N) is 5. The molecule has 3 aliphatic rings. The molecule has 3 heterocycles. The molecule has 5 nitrogen and oxygen atoms in total. The van der Waals surface area contributed by atoms with Gasteiger partial charge >= 0.3 is 0 Å².